The SMILES string of the molecule is C=C[Si]1(C=C)O[Si](C)(C)O[Si](C)(C)O[Si](C)(C)O1. The maximum atomic E-state index is 6.22. The molecule has 0 amide bonds. The van der Waals surface area contributed by atoms with Crippen LogP contribution in [0.5, 0.6) is 0 Å². The molecule has 4 nitrogen and oxygen atoms in total. The third-order valence-electron chi connectivity index (χ3n) is 2.36. The Morgan fingerprint density at radius 3 is 1.17 bits per heavy atom. The van der Waals surface area contributed by atoms with Crippen LogP contribution in [0.2, 0.25) is 39.3 Å². The molecule has 1 aliphatic rings. The van der Waals surface area contributed by atoms with Crippen LogP contribution in [0.15, 0.2) is 24.6 Å². The Hall–Kier alpha value is 0.188. The van der Waals surface area contributed by atoms with E-state index in [0.29, 0.717) is 0 Å². The van der Waals surface area contributed by atoms with Gasteiger partial charge in [0, 0.05) is 0 Å². The van der Waals surface area contributed by atoms with Crippen LogP contribution in [0, 0.1) is 0 Å². The summed E-state index contributed by atoms with van der Waals surface area (Å²) in [5.41, 5.74) is 3.52. The monoisotopic (exact) mass is 320 g/mol. The lowest BCUT2D eigenvalue weighted by atomic mass is 11.2. The minimum Gasteiger partial charge on any atom is -0.416 e. The van der Waals surface area contributed by atoms with Gasteiger partial charge in [-0.15, -0.1) is 13.2 Å². The van der Waals surface area contributed by atoms with E-state index in [-0.39, 0.29) is 0 Å². The van der Waals surface area contributed by atoms with Gasteiger partial charge in [0.1, 0.15) is 0 Å². The largest absolute Gasteiger partial charge is 0.416 e. The van der Waals surface area contributed by atoms with E-state index in [2.05, 4.69) is 13.2 Å². The van der Waals surface area contributed by atoms with Crippen molar-refractivity contribution in [3.05, 3.63) is 24.6 Å². The molecule has 0 spiro atoms. The minimum absolute atomic E-state index is 1.76. The molecule has 0 saturated carbocycles. The van der Waals surface area contributed by atoms with Crippen molar-refractivity contribution in [2.24, 2.45) is 0 Å². The average molecular weight is 321 g/mol. The molecule has 18 heavy (non-hydrogen) atoms. The minimum atomic E-state index is -2.62. The van der Waals surface area contributed by atoms with Gasteiger partial charge in [-0.3, -0.25) is 0 Å². The van der Waals surface area contributed by atoms with Crippen molar-refractivity contribution in [1.29, 1.82) is 0 Å². The molecule has 1 aliphatic heterocycles. The van der Waals surface area contributed by atoms with Crippen LogP contribution < -0.4 is 0 Å². The first-order valence-corrected chi connectivity index (χ1v) is 16.4. The molecule has 1 saturated heterocycles. The molecule has 1 rings (SSSR count). The van der Waals surface area contributed by atoms with E-state index in [1.54, 1.807) is 11.4 Å². The van der Waals surface area contributed by atoms with Crippen LogP contribution >= 0.6 is 0 Å². The lowest BCUT2D eigenvalue weighted by molar-refractivity contribution is 0.244. The molecular weight excluding hydrogens is 296 g/mol. The topological polar surface area (TPSA) is 36.9 Å². The molecule has 1 fully saturated rings. The zero-order valence-electron chi connectivity index (χ0n) is 12.2. The molecule has 0 atom stereocenters. The highest BCUT2D eigenvalue weighted by molar-refractivity contribution is 6.96. The summed E-state index contributed by atoms with van der Waals surface area (Å²) in [6, 6.07) is 0. The number of hydrogen-bond acceptors (Lipinski definition) is 4. The number of hydrogen-bond donors (Lipinski definition) is 0. The summed E-state index contributed by atoms with van der Waals surface area (Å²) in [6.45, 7) is 19.9. The van der Waals surface area contributed by atoms with Gasteiger partial charge < -0.3 is 16.5 Å². The van der Waals surface area contributed by atoms with Gasteiger partial charge in [0.05, 0.1) is 0 Å². The van der Waals surface area contributed by atoms with E-state index in [9.17, 15) is 0 Å². The first kappa shape index (κ1) is 16.2. The third kappa shape index (κ3) is 4.10. The van der Waals surface area contributed by atoms with Gasteiger partial charge >= 0.3 is 34.2 Å². The quantitative estimate of drug-likeness (QED) is 0.733. The van der Waals surface area contributed by atoms with Crippen molar-refractivity contribution in [2.45, 2.75) is 39.3 Å². The second-order valence-corrected chi connectivity index (χ2v) is 19.7. The molecule has 0 radical (unpaired) electrons. The zero-order chi connectivity index (χ0) is 14.2. The van der Waals surface area contributed by atoms with E-state index >= 15 is 0 Å². The van der Waals surface area contributed by atoms with E-state index in [1.165, 1.54) is 0 Å². The fourth-order valence-corrected chi connectivity index (χ4v) is 21.6. The van der Waals surface area contributed by atoms with Crippen molar-refractivity contribution < 1.29 is 16.5 Å². The first-order valence-electron chi connectivity index (χ1n) is 6.03. The molecule has 0 unspecified atom stereocenters. The lowest BCUT2D eigenvalue weighted by Crippen LogP contribution is -2.65. The second-order valence-electron chi connectivity index (χ2n) is 5.74. The van der Waals surface area contributed by atoms with Crippen molar-refractivity contribution in [3.8, 4) is 0 Å². The van der Waals surface area contributed by atoms with Crippen molar-refractivity contribution in [1.82, 2.24) is 0 Å². The Kier molecular flexibility index (Phi) is 4.46. The standard InChI is InChI=1S/C10H24O4Si4/c1-9-18(10-2)13-16(5,6)11-15(3,4)12-17(7,8)14-18/h9-10H,1-2H2,3-8H3. The molecule has 0 aromatic heterocycles. The maximum absolute atomic E-state index is 6.22. The van der Waals surface area contributed by atoms with Gasteiger partial charge in [-0.1, -0.05) is 0 Å². The van der Waals surface area contributed by atoms with Crippen molar-refractivity contribution in [2.75, 3.05) is 0 Å². The van der Waals surface area contributed by atoms with Gasteiger partial charge in [0.2, 0.25) is 0 Å². The molecule has 0 bridgehead atoms. The van der Waals surface area contributed by atoms with E-state index in [1.807, 2.05) is 39.3 Å². The molecule has 0 aliphatic carbocycles. The van der Waals surface area contributed by atoms with Gasteiger partial charge in [0.25, 0.3) is 0 Å². The highest BCUT2D eigenvalue weighted by Crippen LogP contribution is 2.31. The van der Waals surface area contributed by atoms with E-state index in [4.69, 9.17) is 16.5 Å². The fourth-order valence-electron chi connectivity index (χ4n) is 2.29. The normalized spacial score (nSPS) is 28.8. The molecule has 1 heterocycles. The van der Waals surface area contributed by atoms with Crippen molar-refractivity contribution >= 4 is 34.2 Å². The van der Waals surface area contributed by atoms with Crippen LogP contribution in [-0.4, -0.2) is 34.2 Å². The molecule has 104 valence electrons. The third-order valence-corrected chi connectivity index (χ3v) is 17.9. The van der Waals surface area contributed by atoms with Crippen molar-refractivity contribution in [3.63, 3.8) is 0 Å². The maximum Gasteiger partial charge on any atom is 0.373 e. The van der Waals surface area contributed by atoms with Crippen LogP contribution in [0.25, 0.3) is 0 Å². The van der Waals surface area contributed by atoms with Crippen LogP contribution in [0.3, 0.4) is 0 Å². The van der Waals surface area contributed by atoms with Crippen LogP contribution in [0.4, 0.5) is 0 Å². The average Bonchev–Trinajstić information content (AvgIpc) is 2.10. The smallest absolute Gasteiger partial charge is 0.373 e. The summed E-state index contributed by atoms with van der Waals surface area (Å²) < 4.78 is 24.8. The predicted molar refractivity (Wildman–Crippen MR) is 82.9 cm³/mol. The molecule has 0 N–H and O–H groups in total. The summed E-state index contributed by atoms with van der Waals surface area (Å²) in [7, 11) is -9.42. The van der Waals surface area contributed by atoms with Crippen LogP contribution in [-0.2, 0) is 16.5 Å². The van der Waals surface area contributed by atoms with Gasteiger partial charge in [-0.2, -0.15) is 0 Å². The van der Waals surface area contributed by atoms with Gasteiger partial charge in [-0.25, -0.2) is 0 Å². The molecule has 8 heteroatoms. The van der Waals surface area contributed by atoms with E-state index < -0.39 is 34.2 Å². The second kappa shape index (κ2) is 4.94. The highest BCUT2D eigenvalue weighted by Gasteiger charge is 2.52. The summed E-state index contributed by atoms with van der Waals surface area (Å²) >= 11 is 0. The summed E-state index contributed by atoms with van der Waals surface area (Å²) in [4.78, 5) is 0. The predicted octanol–water partition coefficient (Wildman–Crippen LogP) is 3.06. The number of rotatable bonds is 2. The first-order chi connectivity index (χ1) is 7.95. The molecule has 0 aromatic carbocycles. The molecule has 0 aromatic rings. The zero-order valence-corrected chi connectivity index (χ0v) is 16.2. The Morgan fingerprint density at radius 2 is 0.889 bits per heavy atom. The van der Waals surface area contributed by atoms with E-state index in [0.717, 1.165) is 0 Å². The lowest BCUT2D eigenvalue weighted by Gasteiger charge is -2.46. The molecular formula is C10H24O4Si4. The van der Waals surface area contributed by atoms with Gasteiger partial charge in [-0.05, 0) is 50.7 Å². The van der Waals surface area contributed by atoms with Gasteiger partial charge in [0.15, 0.2) is 0 Å². The Labute approximate surface area is 115 Å². The Morgan fingerprint density at radius 1 is 0.611 bits per heavy atom. The summed E-state index contributed by atoms with van der Waals surface area (Å²) in [6.07, 6.45) is 0. The Balaban J connectivity index is 3.16. The fraction of sp³-hybridized carbons (Fsp3) is 0.600. The Bertz CT molecular complexity index is 322. The summed E-state index contributed by atoms with van der Waals surface area (Å²) in [5.74, 6) is 0. The van der Waals surface area contributed by atoms with Crippen LogP contribution in [0.1, 0.15) is 0 Å². The highest BCUT2D eigenvalue weighted by atomic mass is 28.5. The summed E-state index contributed by atoms with van der Waals surface area (Å²) in [5, 5.41) is 0.